The standard InChI is InChI=1S/C16H16F4N2O2/c17-11-9(15(23)21-5-1-2-6-21)12(18)14(20)13(19)10(11)16(24)22-7-3-4-8-22/h1-8H2. The molecule has 0 spiro atoms. The van der Waals surface area contributed by atoms with Gasteiger partial charge in [0.2, 0.25) is 0 Å². The topological polar surface area (TPSA) is 40.6 Å². The molecule has 2 fully saturated rings. The molecule has 0 unspecified atom stereocenters. The van der Waals surface area contributed by atoms with E-state index in [-0.39, 0.29) is 26.2 Å². The summed E-state index contributed by atoms with van der Waals surface area (Å²) in [6, 6.07) is 0. The highest BCUT2D eigenvalue weighted by molar-refractivity contribution is 6.00. The van der Waals surface area contributed by atoms with Crippen molar-refractivity contribution in [2.75, 3.05) is 26.2 Å². The summed E-state index contributed by atoms with van der Waals surface area (Å²) in [7, 11) is 0. The summed E-state index contributed by atoms with van der Waals surface area (Å²) in [4.78, 5) is 26.9. The molecule has 2 saturated heterocycles. The zero-order chi connectivity index (χ0) is 17.4. The first-order valence-electron chi connectivity index (χ1n) is 7.88. The van der Waals surface area contributed by atoms with Crippen LogP contribution in [0.1, 0.15) is 46.4 Å². The van der Waals surface area contributed by atoms with Crippen LogP contribution in [0.4, 0.5) is 17.6 Å². The van der Waals surface area contributed by atoms with Gasteiger partial charge in [0, 0.05) is 26.2 Å². The fraction of sp³-hybridized carbons (Fsp3) is 0.500. The second kappa shape index (κ2) is 6.41. The number of amides is 2. The minimum Gasteiger partial charge on any atom is -0.338 e. The molecular formula is C16H16F4N2O2. The van der Waals surface area contributed by atoms with E-state index in [2.05, 4.69) is 0 Å². The second-order valence-corrected chi connectivity index (χ2v) is 6.00. The lowest BCUT2D eigenvalue weighted by Crippen LogP contribution is -2.33. The average Bonchev–Trinajstić information content (AvgIpc) is 3.25. The van der Waals surface area contributed by atoms with Crippen molar-refractivity contribution in [3.05, 3.63) is 34.4 Å². The maximum atomic E-state index is 14.6. The molecule has 1 aromatic carbocycles. The van der Waals surface area contributed by atoms with E-state index in [0.29, 0.717) is 25.7 Å². The monoisotopic (exact) mass is 344 g/mol. The van der Waals surface area contributed by atoms with Crippen LogP contribution in [0.15, 0.2) is 0 Å². The summed E-state index contributed by atoms with van der Waals surface area (Å²) in [5.74, 6) is -9.52. The molecule has 2 aliphatic heterocycles. The number of benzene rings is 1. The summed E-state index contributed by atoms with van der Waals surface area (Å²) in [6.45, 7) is 1.14. The SMILES string of the molecule is O=C(c1c(F)c(F)c(F)c(C(=O)N2CCCC2)c1F)N1CCCC1. The van der Waals surface area contributed by atoms with E-state index in [1.807, 2.05) is 0 Å². The highest BCUT2D eigenvalue weighted by atomic mass is 19.2. The zero-order valence-corrected chi connectivity index (χ0v) is 12.9. The average molecular weight is 344 g/mol. The molecule has 0 atom stereocenters. The van der Waals surface area contributed by atoms with E-state index < -0.39 is 46.2 Å². The predicted molar refractivity (Wildman–Crippen MR) is 76.5 cm³/mol. The van der Waals surface area contributed by atoms with E-state index in [1.165, 1.54) is 9.80 Å². The highest BCUT2D eigenvalue weighted by Gasteiger charge is 2.36. The molecule has 0 aromatic heterocycles. The summed E-state index contributed by atoms with van der Waals surface area (Å²) in [6.07, 6.45) is 2.66. The molecule has 2 aliphatic rings. The fourth-order valence-electron chi connectivity index (χ4n) is 3.17. The van der Waals surface area contributed by atoms with Crippen molar-refractivity contribution in [3.63, 3.8) is 0 Å². The lowest BCUT2D eigenvalue weighted by molar-refractivity contribution is 0.0772. The Morgan fingerprint density at radius 3 is 1.25 bits per heavy atom. The van der Waals surface area contributed by atoms with Crippen LogP contribution >= 0.6 is 0 Å². The zero-order valence-electron chi connectivity index (χ0n) is 12.9. The van der Waals surface area contributed by atoms with Crippen LogP contribution in [0.5, 0.6) is 0 Å². The summed E-state index contributed by atoms with van der Waals surface area (Å²) in [5.41, 5.74) is -2.39. The Balaban J connectivity index is 2.09. The molecule has 24 heavy (non-hydrogen) atoms. The number of rotatable bonds is 2. The first kappa shape index (κ1) is 16.7. The van der Waals surface area contributed by atoms with Crippen molar-refractivity contribution in [3.8, 4) is 0 Å². The number of carbonyl (C=O) groups is 2. The first-order chi connectivity index (χ1) is 11.4. The molecule has 4 nitrogen and oxygen atoms in total. The number of carbonyl (C=O) groups excluding carboxylic acids is 2. The third-order valence-corrected chi connectivity index (χ3v) is 4.48. The lowest BCUT2D eigenvalue weighted by Gasteiger charge is -2.20. The van der Waals surface area contributed by atoms with Crippen molar-refractivity contribution < 1.29 is 27.2 Å². The van der Waals surface area contributed by atoms with Gasteiger partial charge in [-0.15, -0.1) is 0 Å². The molecule has 1 aromatic rings. The molecule has 8 heteroatoms. The first-order valence-corrected chi connectivity index (χ1v) is 7.88. The van der Waals surface area contributed by atoms with E-state index in [0.717, 1.165) is 0 Å². The van der Waals surface area contributed by atoms with Crippen LogP contribution in [-0.4, -0.2) is 47.8 Å². The van der Waals surface area contributed by atoms with Crippen molar-refractivity contribution in [2.24, 2.45) is 0 Å². The van der Waals surface area contributed by atoms with Gasteiger partial charge in [0.05, 0.1) is 0 Å². The quantitative estimate of drug-likeness (QED) is 0.470. The number of hydrogen-bond acceptors (Lipinski definition) is 2. The molecule has 0 N–H and O–H groups in total. The van der Waals surface area contributed by atoms with Crippen molar-refractivity contribution in [1.29, 1.82) is 0 Å². The molecule has 2 heterocycles. The van der Waals surface area contributed by atoms with Gasteiger partial charge in [-0.25, -0.2) is 17.6 Å². The Kier molecular flexibility index (Phi) is 4.47. The van der Waals surface area contributed by atoms with Gasteiger partial charge in [-0.2, -0.15) is 0 Å². The number of nitrogens with zero attached hydrogens (tertiary/aromatic N) is 2. The second-order valence-electron chi connectivity index (χ2n) is 6.00. The van der Waals surface area contributed by atoms with Gasteiger partial charge >= 0.3 is 0 Å². The molecule has 130 valence electrons. The van der Waals surface area contributed by atoms with Crippen LogP contribution in [0, 0.1) is 23.3 Å². The van der Waals surface area contributed by atoms with Gasteiger partial charge in [0.1, 0.15) is 11.1 Å². The van der Waals surface area contributed by atoms with E-state index >= 15 is 0 Å². The summed E-state index contributed by atoms with van der Waals surface area (Å²) >= 11 is 0. The molecule has 0 aliphatic carbocycles. The third kappa shape index (κ3) is 2.63. The van der Waals surface area contributed by atoms with Gasteiger partial charge in [0.25, 0.3) is 11.8 Å². The van der Waals surface area contributed by atoms with Gasteiger partial charge < -0.3 is 9.80 Å². The molecule has 3 rings (SSSR count). The molecule has 2 amide bonds. The largest absolute Gasteiger partial charge is 0.338 e. The van der Waals surface area contributed by atoms with Crippen LogP contribution in [0.3, 0.4) is 0 Å². The summed E-state index contributed by atoms with van der Waals surface area (Å²) < 4.78 is 56.5. The van der Waals surface area contributed by atoms with Crippen LogP contribution in [0.25, 0.3) is 0 Å². The van der Waals surface area contributed by atoms with Crippen molar-refractivity contribution >= 4 is 11.8 Å². The third-order valence-electron chi connectivity index (χ3n) is 4.48. The van der Waals surface area contributed by atoms with Gasteiger partial charge in [-0.1, -0.05) is 0 Å². The van der Waals surface area contributed by atoms with Crippen LogP contribution in [0.2, 0.25) is 0 Å². The molecule has 0 bridgehead atoms. The summed E-state index contributed by atoms with van der Waals surface area (Å²) in [5, 5.41) is 0. The normalized spacial score (nSPS) is 17.7. The Labute approximate surface area is 136 Å². The Morgan fingerprint density at radius 2 is 0.917 bits per heavy atom. The van der Waals surface area contributed by atoms with E-state index in [1.54, 1.807) is 0 Å². The van der Waals surface area contributed by atoms with Crippen molar-refractivity contribution in [1.82, 2.24) is 9.80 Å². The maximum absolute atomic E-state index is 14.6. The maximum Gasteiger partial charge on any atom is 0.259 e. The Bertz CT molecular complexity index is 641. The minimum atomic E-state index is -2.00. The van der Waals surface area contributed by atoms with Crippen LogP contribution in [-0.2, 0) is 0 Å². The molecular weight excluding hydrogens is 328 g/mol. The van der Waals surface area contributed by atoms with Gasteiger partial charge in [-0.3, -0.25) is 9.59 Å². The number of likely N-dealkylation sites (tertiary alicyclic amines) is 2. The van der Waals surface area contributed by atoms with Crippen LogP contribution < -0.4 is 0 Å². The minimum absolute atomic E-state index is 0.284. The van der Waals surface area contributed by atoms with E-state index in [4.69, 9.17) is 0 Å². The van der Waals surface area contributed by atoms with Gasteiger partial charge in [0.15, 0.2) is 23.3 Å². The smallest absolute Gasteiger partial charge is 0.259 e. The Morgan fingerprint density at radius 1 is 0.583 bits per heavy atom. The predicted octanol–water partition coefficient (Wildman–Crippen LogP) is 2.72. The number of halogens is 4. The molecule has 0 radical (unpaired) electrons. The molecule has 0 saturated carbocycles. The fourth-order valence-corrected chi connectivity index (χ4v) is 3.17. The van der Waals surface area contributed by atoms with E-state index in [9.17, 15) is 27.2 Å². The lowest BCUT2D eigenvalue weighted by atomic mass is 10.0. The highest BCUT2D eigenvalue weighted by Crippen LogP contribution is 2.28. The Hall–Kier alpha value is -2.12. The van der Waals surface area contributed by atoms with Crippen molar-refractivity contribution in [2.45, 2.75) is 25.7 Å². The number of hydrogen-bond donors (Lipinski definition) is 0. The van der Waals surface area contributed by atoms with Gasteiger partial charge in [-0.05, 0) is 25.7 Å².